The highest BCUT2D eigenvalue weighted by Gasteiger charge is 2.46. The third-order valence-electron chi connectivity index (χ3n) is 11.3. The molecule has 0 fully saturated rings. The van der Waals surface area contributed by atoms with Crippen LogP contribution >= 0.6 is 0 Å². The van der Waals surface area contributed by atoms with Gasteiger partial charge in [-0.05, 0) is 88.0 Å². The van der Waals surface area contributed by atoms with E-state index in [0.29, 0.717) is 52.0 Å². The standard InChI is InChI=1S/C52H35N10/c1-62-31-15-11-23-45(62)51-59-47(58-50(61-51)44-22-10-14-30-55-44)35-25-27-39-38-26-24-34(46-56-48(42-20-8-12-28-53-42)60-49(57-46)43-21-9-13-29-54-43)32-40(38)52(41(39)33-35,36-16-4-2-5-17-36)37-18-6-3-7-19-37/h2-33H,1H3/q+1. The summed E-state index contributed by atoms with van der Waals surface area (Å²) in [5.74, 6) is 3.04. The third kappa shape index (κ3) is 6.29. The minimum atomic E-state index is -0.759. The summed E-state index contributed by atoms with van der Waals surface area (Å²) in [6.07, 6.45) is 7.23. The lowest BCUT2D eigenvalue weighted by atomic mass is 9.67. The van der Waals surface area contributed by atoms with E-state index in [1.807, 2.05) is 90.6 Å². The van der Waals surface area contributed by atoms with Gasteiger partial charge in [-0.25, -0.2) is 29.9 Å². The van der Waals surface area contributed by atoms with Crippen molar-refractivity contribution in [3.8, 4) is 80.0 Å². The van der Waals surface area contributed by atoms with Crippen molar-refractivity contribution in [2.24, 2.45) is 7.05 Å². The normalized spacial score (nSPS) is 12.4. The van der Waals surface area contributed by atoms with Crippen LogP contribution in [-0.2, 0) is 12.5 Å². The van der Waals surface area contributed by atoms with E-state index in [2.05, 4.69) is 112 Å². The summed E-state index contributed by atoms with van der Waals surface area (Å²) in [5, 5.41) is 0. The second kappa shape index (κ2) is 15.3. The third-order valence-corrected chi connectivity index (χ3v) is 11.3. The van der Waals surface area contributed by atoms with Gasteiger partial charge in [0.1, 0.15) is 24.1 Å². The molecule has 0 amide bonds. The molecule has 292 valence electrons. The summed E-state index contributed by atoms with van der Waals surface area (Å²) in [6.45, 7) is 0. The molecule has 6 aromatic heterocycles. The van der Waals surface area contributed by atoms with Gasteiger partial charge in [0, 0.05) is 41.9 Å². The Morgan fingerprint density at radius 3 is 1.21 bits per heavy atom. The molecule has 1 aliphatic carbocycles. The molecule has 10 nitrogen and oxygen atoms in total. The van der Waals surface area contributed by atoms with Gasteiger partial charge in [-0.3, -0.25) is 15.0 Å². The van der Waals surface area contributed by atoms with Crippen LogP contribution in [0.4, 0.5) is 0 Å². The second-order valence-electron chi connectivity index (χ2n) is 15.0. The van der Waals surface area contributed by atoms with E-state index in [1.54, 1.807) is 18.6 Å². The number of rotatable bonds is 8. The number of aryl methyl sites for hydroxylation is 1. The first-order chi connectivity index (χ1) is 30.6. The van der Waals surface area contributed by atoms with E-state index >= 15 is 0 Å². The van der Waals surface area contributed by atoms with Crippen LogP contribution < -0.4 is 4.57 Å². The molecule has 0 aliphatic heterocycles. The van der Waals surface area contributed by atoms with Crippen molar-refractivity contribution in [2.75, 3.05) is 0 Å². The van der Waals surface area contributed by atoms with Crippen LogP contribution in [0.1, 0.15) is 22.3 Å². The topological polar surface area (TPSA) is 120 Å². The van der Waals surface area contributed by atoms with Gasteiger partial charge in [-0.15, -0.1) is 0 Å². The maximum absolute atomic E-state index is 5.14. The maximum Gasteiger partial charge on any atom is 0.250 e. The number of pyridine rings is 4. The SMILES string of the molecule is C[n+]1ccccc1-c1nc(-c2ccc3c(c2)C(c2ccccc2)(c2ccccc2)c2cc(-c4nc(-c5ccccn5)nc(-c5ccccn5)n4)ccc2-3)nc(-c2ccccn2)n1. The molecule has 0 spiro atoms. The van der Waals surface area contributed by atoms with Crippen molar-refractivity contribution >= 4 is 0 Å². The lowest BCUT2D eigenvalue weighted by Crippen LogP contribution is -2.30. The monoisotopic (exact) mass is 799 g/mol. The van der Waals surface area contributed by atoms with E-state index in [4.69, 9.17) is 29.9 Å². The van der Waals surface area contributed by atoms with Crippen LogP contribution in [0.3, 0.4) is 0 Å². The molecule has 0 radical (unpaired) electrons. The Bertz CT molecular complexity index is 3140. The smallest absolute Gasteiger partial charge is 0.250 e. The highest BCUT2D eigenvalue weighted by atomic mass is 15.1. The van der Waals surface area contributed by atoms with E-state index < -0.39 is 5.41 Å². The van der Waals surface area contributed by atoms with Crippen LogP contribution in [0.5, 0.6) is 0 Å². The van der Waals surface area contributed by atoms with Crippen molar-refractivity contribution in [3.63, 3.8) is 0 Å². The molecule has 10 aromatic rings. The van der Waals surface area contributed by atoms with E-state index in [-0.39, 0.29) is 0 Å². The highest BCUT2D eigenvalue weighted by Crippen LogP contribution is 2.57. The fourth-order valence-corrected chi connectivity index (χ4v) is 8.48. The van der Waals surface area contributed by atoms with Crippen LogP contribution in [0.2, 0.25) is 0 Å². The van der Waals surface area contributed by atoms with Crippen molar-refractivity contribution < 1.29 is 4.57 Å². The lowest BCUT2D eigenvalue weighted by Gasteiger charge is -2.34. The number of nitrogens with zero attached hydrogens (tertiary/aromatic N) is 10. The van der Waals surface area contributed by atoms with E-state index in [1.165, 1.54) is 0 Å². The molecule has 0 bridgehead atoms. The average molecular weight is 800 g/mol. The largest absolute Gasteiger partial charge is 0.253 e. The molecule has 0 atom stereocenters. The predicted molar refractivity (Wildman–Crippen MR) is 238 cm³/mol. The molecule has 0 saturated heterocycles. The van der Waals surface area contributed by atoms with Crippen molar-refractivity contribution in [1.29, 1.82) is 0 Å². The number of aromatic nitrogens is 10. The van der Waals surface area contributed by atoms with Gasteiger partial charge >= 0.3 is 0 Å². The summed E-state index contributed by atoms with van der Waals surface area (Å²) >= 11 is 0. The second-order valence-corrected chi connectivity index (χ2v) is 15.0. The Labute approximate surface area is 357 Å². The van der Waals surface area contributed by atoms with Gasteiger partial charge in [0.2, 0.25) is 11.5 Å². The highest BCUT2D eigenvalue weighted by molar-refractivity contribution is 5.89. The molecule has 0 N–H and O–H groups in total. The fourth-order valence-electron chi connectivity index (χ4n) is 8.48. The van der Waals surface area contributed by atoms with Gasteiger partial charge < -0.3 is 0 Å². The Balaban J connectivity index is 1.15. The minimum Gasteiger partial charge on any atom is -0.253 e. The van der Waals surface area contributed by atoms with Gasteiger partial charge in [0.05, 0.1) is 5.41 Å². The number of benzene rings is 4. The summed E-state index contributed by atoms with van der Waals surface area (Å²) in [5.41, 5.74) is 10.4. The van der Waals surface area contributed by atoms with Gasteiger partial charge in [0.15, 0.2) is 35.3 Å². The van der Waals surface area contributed by atoms with E-state index in [9.17, 15) is 0 Å². The number of fused-ring (bicyclic) bond motifs is 3. The molecule has 4 aromatic carbocycles. The molecule has 0 unspecified atom stereocenters. The Morgan fingerprint density at radius 2 is 0.774 bits per heavy atom. The van der Waals surface area contributed by atoms with Crippen LogP contribution in [-0.4, -0.2) is 44.9 Å². The van der Waals surface area contributed by atoms with Gasteiger partial charge in [-0.2, -0.15) is 4.57 Å². The Hall–Kier alpha value is -8.50. The van der Waals surface area contributed by atoms with Crippen molar-refractivity contribution in [3.05, 3.63) is 217 Å². The summed E-state index contributed by atoms with van der Waals surface area (Å²) in [7, 11) is 1.99. The molecular weight excluding hydrogens is 765 g/mol. The van der Waals surface area contributed by atoms with E-state index in [0.717, 1.165) is 50.2 Å². The molecule has 0 saturated carbocycles. The van der Waals surface area contributed by atoms with Crippen LogP contribution in [0, 0.1) is 0 Å². The lowest BCUT2D eigenvalue weighted by molar-refractivity contribution is -0.660. The van der Waals surface area contributed by atoms with Gasteiger partial charge in [0.25, 0.3) is 0 Å². The maximum atomic E-state index is 5.14. The molecule has 1 aliphatic rings. The molecule has 10 heteroatoms. The van der Waals surface area contributed by atoms with Crippen LogP contribution in [0.25, 0.3) is 80.0 Å². The first-order valence-electron chi connectivity index (χ1n) is 20.3. The summed E-state index contributed by atoms with van der Waals surface area (Å²) < 4.78 is 2.01. The summed E-state index contributed by atoms with van der Waals surface area (Å²) in [4.78, 5) is 44.0. The zero-order chi connectivity index (χ0) is 41.5. The zero-order valence-electron chi connectivity index (χ0n) is 33.4. The van der Waals surface area contributed by atoms with Gasteiger partial charge in [-0.1, -0.05) is 103 Å². The number of hydrogen-bond donors (Lipinski definition) is 0. The first kappa shape index (κ1) is 36.6. The quantitative estimate of drug-likeness (QED) is 0.139. The van der Waals surface area contributed by atoms with Crippen molar-refractivity contribution in [1.82, 2.24) is 44.9 Å². The van der Waals surface area contributed by atoms with Crippen molar-refractivity contribution in [2.45, 2.75) is 5.41 Å². The average Bonchev–Trinajstić information content (AvgIpc) is 3.65. The molecular formula is C52H35N10+. The Morgan fingerprint density at radius 1 is 0.371 bits per heavy atom. The number of hydrogen-bond acceptors (Lipinski definition) is 9. The molecule has 62 heavy (non-hydrogen) atoms. The fraction of sp³-hybridized carbons (Fsp3) is 0.0385. The molecule has 11 rings (SSSR count). The zero-order valence-corrected chi connectivity index (χ0v) is 33.4. The first-order valence-corrected chi connectivity index (χ1v) is 20.3. The summed E-state index contributed by atoms with van der Waals surface area (Å²) in [6, 6.07) is 57.6. The van der Waals surface area contributed by atoms with Crippen LogP contribution in [0.15, 0.2) is 195 Å². The predicted octanol–water partition coefficient (Wildman–Crippen LogP) is 9.43. The molecule has 6 heterocycles. The minimum absolute atomic E-state index is 0.466. The Kier molecular flexibility index (Phi) is 9.01.